The molecule has 1 fully saturated rings. The Morgan fingerprint density at radius 3 is 2.65 bits per heavy atom. The van der Waals surface area contributed by atoms with Gasteiger partial charge >= 0.3 is 0 Å². The number of anilines is 3. The Morgan fingerprint density at radius 1 is 1.11 bits per heavy atom. The van der Waals surface area contributed by atoms with Crippen LogP contribution in [0.3, 0.4) is 0 Å². The number of carbonyl (C=O) groups is 1. The number of morpholine rings is 1. The Labute approximate surface area is 217 Å². The Morgan fingerprint density at radius 2 is 1.89 bits per heavy atom. The summed E-state index contributed by atoms with van der Waals surface area (Å²) in [4.78, 5) is 29.9. The van der Waals surface area contributed by atoms with E-state index in [4.69, 9.17) is 14.7 Å². The van der Waals surface area contributed by atoms with Gasteiger partial charge in [0, 0.05) is 43.7 Å². The summed E-state index contributed by atoms with van der Waals surface area (Å²) in [5.41, 5.74) is 2.30. The van der Waals surface area contributed by atoms with E-state index in [2.05, 4.69) is 52.3 Å². The minimum atomic E-state index is -0.0663. The van der Waals surface area contributed by atoms with Gasteiger partial charge in [-0.25, -0.2) is 9.97 Å². The summed E-state index contributed by atoms with van der Waals surface area (Å²) >= 11 is 0. The molecule has 3 aliphatic rings. The van der Waals surface area contributed by atoms with E-state index in [1.54, 1.807) is 4.90 Å². The van der Waals surface area contributed by atoms with Crippen LogP contribution in [0.15, 0.2) is 24.3 Å². The van der Waals surface area contributed by atoms with Crippen molar-refractivity contribution in [2.24, 2.45) is 0 Å². The lowest BCUT2D eigenvalue weighted by molar-refractivity contribution is 0.0996. The topological polar surface area (TPSA) is 92.5 Å². The number of hydrogen-bond acceptors (Lipinski definition) is 8. The van der Waals surface area contributed by atoms with Gasteiger partial charge in [-0.05, 0) is 52.3 Å². The fourth-order valence-corrected chi connectivity index (χ4v) is 5.44. The molecule has 0 atom stereocenters. The quantitative estimate of drug-likeness (QED) is 0.525. The van der Waals surface area contributed by atoms with Crippen molar-refractivity contribution >= 4 is 23.4 Å². The first-order valence-corrected chi connectivity index (χ1v) is 13.1. The third-order valence-electron chi connectivity index (χ3n) is 7.86. The second-order valence-electron chi connectivity index (χ2n) is 11.0. The predicted octanol–water partition coefficient (Wildman–Crippen LogP) is 3.26. The van der Waals surface area contributed by atoms with Crippen molar-refractivity contribution in [3.8, 4) is 11.5 Å². The Balaban J connectivity index is 1.39. The summed E-state index contributed by atoms with van der Waals surface area (Å²) in [5.74, 6) is 3.96. The van der Waals surface area contributed by atoms with Crippen molar-refractivity contribution in [1.82, 2.24) is 24.7 Å². The zero-order valence-corrected chi connectivity index (χ0v) is 22.2. The van der Waals surface area contributed by atoms with Gasteiger partial charge in [0.05, 0.1) is 25.3 Å². The average molecular weight is 503 g/mol. The molecule has 0 bridgehead atoms. The molecule has 3 aromatic heterocycles. The molecule has 0 N–H and O–H groups in total. The molecule has 10 heteroatoms. The summed E-state index contributed by atoms with van der Waals surface area (Å²) in [6, 6.07) is 7.96. The standard InChI is InChI=1S/C27H34N8O2/c1-17(2)32(5)23-15-18-19(24(29-23)33-11-13-37-14-12-33)16-34(26(18)36)21-8-6-7-20(28-21)25-31-30-22-9-10-27(3,4)35(22)25/h6-8,15,17H,9-14,16H2,1-5H3. The van der Waals surface area contributed by atoms with Crippen LogP contribution in [-0.4, -0.2) is 70.0 Å². The highest BCUT2D eigenvalue weighted by Gasteiger charge is 2.37. The molecule has 1 saturated heterocycles. The lowest BCUT2D eigenvalue weighted by Crippen LogP contribution is -2.38. The Kier molecular flexibility index (Phi) is 5.67. The molecule has 0 aromatic carbocycles. The molecule has 10 nitrogen and oxygen atoms in total. The van der Waals surface area contributed by atoms with Crippen LogP contribution in [0.5, 0.6) is 0 Å². The molecule has 37 heavy (non-hydrogen) atoms. The highest BCUT2D eigenvalue weighted by atomic mass is 16.5. The smallest absolute Gasteiger partial charge is 0.260 e. The number of hydrogen-bond donors (Lipinski definition) is 0. The molecule has 3 aromatic rings. The molecular formula is C27H34N8O2. The van der Waals surface area contributed by atoms with Gasteiger partial charge in [0.1, 0.15) is 29.0 Å². The molecule has 0 spiro atoms. The van der Waals surface area contributed by atoms with Gasteiger partial charge in [-0.15, -0.1) is 10.2 Å². The normalized spacial score (nSPS) is 18.5. The highest BCUT2D eigenvalue weighted by molar-refractivity contribution is 6.11. The van der Waals surface area contributed by atoms with Gasteiger partial charge in [0.15, 0.2) is 5.82 Å². The van der Waals surface area contributed by atoms with Crippen LogP contribution < -0.4 is 14.7 Å². The number of fused-ring (bicyclic) bond motifs is 2. The maximum absolute atomic E-state index is 13.8. The van der Waals surface area contributed by atoms with Crippen LogP contribution in [0.25, 0.3) is 11.5 Å². The lowest BCUT2D eigenvalue weighted by atomic mass is 10.0. The summed E-state index contributed by atoms with van der Waals surface area (Å²) in [7, 11) is 2.02. The van der Waals surface area contributed by atoms with E-state index in [-0.39, 0.29) is 17.5 Å². The van der Waals surface area contributed by atoms with E-state index in [0.717, 1.165) is 60.5 Å². The van der Waals surface area contributed by atoms with E-state index in [0.29, 0.717) is 31.1 Å². The largest absolute Gasteiger partial charge is 0.378 e. The fourth-order valence-electron chi connectivity index (χ4n) is 5.44. The van der Waals surface area contributed by atoms with E-state index in [9.17, 15) is 4.79 Å². The fraction of sp³-hybridized carbons (Fsp3) is 0.519. The Bertz CT molecular complexity index is 1360. The molecule has 1 amide bonds. The van der Waals surface area contributed by atoms with Crippen LogP contribution in [0.4, 0.5) is 17.5 Å². The third kappa shape index (κ3) is 3.94. The molecule has 0 saturated carbocycles. The second kappa shape index (κ2) is 8.79. The van der Waals surface area contributed by atoms with Crippen LogP contribution in [-0.2, 0) is 23.2 Å². The number of carbonyl (C=O) groups excluding carboxylic acids is 1. The zero-order chi connectivity index (χ0) is 25.9. The van der Waals surface area contributed by atoms with Crippen molar-refractivity contribution < 1.29 is 9.53 Å². The van der Waals surface area contributed by atoms with Crippen molar-refractivity contribution in [3.05, 3.63) is 41.2 Å². The number of pyridine rings is 2. The summed E-state index contributed by atoms with van der Waals surface area (Å²) in [5, 5.41) is 8.88. The molecule has 6 rings (SSSR count). The first-order chi connectivity index (χ1) is 17.7. The first kappa shape index (κ1) is 23.8. The van der Waals surface area contributed by atoms with Gasteiger partial charge in [0.25, 0.3) is 5.91 Å². The molecular weight excluding hydrogens is 468 g/mol. The Hall–Kier alpha value is -3.53. The number of aromatic nitrogens is 5. The molecule has 0 radical (unpaired) electrons. The van der Waals surface area contributed by atoms with Crippen molar-refractivity contribution in [1.29, 1.82) is 0 Å². The molecule has 0 unspecified atom stereocenters. The number of ether oxygens (including phenoxy) is 1. The minimum absolute atomic E-state index is 0.0539. The van der Waals surface area contributed by atoms with Crippen LogP contribution in [0.2, 0.25) is 0 Å². The predicted molar refractivity (Wildman–Crippen MR) is 142 cm³/mol. The number of nitrogens with zero attached hydrogens (tertiary/aromatic N) is 8. The van der Waals surface area contributed by atoms with Gasteiger partial charge < -0.3 is 19.1 Å². The van der Waals surface area contributed by atoms with Crippen LogP contribution in [0.1, 0.15) is 55.9 Å². The van der Waals surface area contributed by atoms with Crippen LogP contribution in [0, 0.1) is 0 Å². The third-order valence-corrected chi connectivity index (χ3v) is 7.86. The van der Waals surface area contributed by atoms with E-state index < -0.39 is 0 Å². The SMILES string of the molecule is CC(C)N(C)c1cc2c(c(N3CCOCC3)n1)CN(c1cccc(-c3nnc4n3C(C)(C)CC4)n1)C2=O. The second-order valence-corrected chi connectivity index (χ2v) is 11.0. The van der Waals surface area contributed by atoms with Gasteiger partial charge in [0.2, 0.25) is 0 Å². The van der Waals surface area contributed by atoms with Crippen molar-refractivity contribution in [2.75, 3.05) is 48.1 Å². The van der Waals surface area contributed by atoms with E-state index in [1.807, 2.05) is 31.3 Å². The maximum atomic E-state index is 13.8. The number of aryl methyl sites for hydroxylation is 1. The minimum Gasteiger partial charge on any atom is -0.378 e. The first-order valence-electron chi connectivity index (χ1n) is 13.1. The molecule has 6 heterocycles. The molecule has 0 aliphatic carbocycles. The lowest BCUT2D eigenvalue weighted by Gasteiger charge is -2.31. The summed E-state index contributed by atoms with van der Waals surface area (Å²) < 4.78 is 7.77. The van der Waals surface area contributed by atoms with Crippen molar-refractivity contribution in [2.45, 2.75) is 58.7 Å². The number of amides is 1. The zero-order valence-electron chi connectivity index (χ0n) is 22.2. The summed E-state index contributed by atoms with van der Waals surface area (Å²) in [6.07, 6.45) is 1.93. The van der Waals surface area contributed by atoms with Crippen LogP contribution >= 0.6 is 0 Å². The molecule has 194 valence electrons. The van der Waals surface area contributed by atoms with Gasteiger partial charge in [-0.3, -0.25) is 9.69 Å². The monoisotopic (exact) mass is 502 g/mol. The van der Waals surface area contributed by atoms with Gasteiger partial charge in [-0.2, -0.15) is 0 Å². The highest BCUT2D eigenvalue weighted by Crippen LogP contribution is 2.38. The van der Waals surface area contributed by atoms with Crippen molar-refractivity contribution in [3.63, 3.8) is 0 Å². The van der Waals surface area contributed by atoms with E-state index in [1.165, 1.54) is 0 Å². The van der Waals surface area contributed by atoms with E-state index >= 15 is 0 Å². The molecule has 3 aliphatic heterocycles. The maximum Gasteiger partial charge on any atom is 0.260 e. The number of rotatable bonds is 5. The average Bonchev–Trinajstić information content (AvgIpc) is 3.57. The van der Waals surface area contributed by atoms with Gasteiger partial charge in [-0.1, -0.05) is 6.07 Å². The summed E-state index contributed by atoms with van der Waals surface area (Å²) in [6.45, 7) is 11.9.